The number of nitro groups is 1. The van der Waals surface area contributed by atoms with Crippen LogP contribution in [0, 0.1) is 16.0 Å². The normalized spacial score (nSPS) is 15.9. The van der Waals surface area contributed by atoms with Crippen LogP contribution in [0.5, 0.6) is 0 Å². The molecule has 3 aromatic rings. The fourth-order valence-corrected chi connectivity index (χ4v) is 3.36. The minimum Gasteiger partial charge on any atom is -0.430 e. The molecule has 1 aromatic heterocycles. The molecule has 0 N–H and O–H groups in total. The summed E-state index contributed by atoms with van der Waals surface area (Å²) in [5.74, 6) is -3.66. The Morgan fingerprint density at radius 3 is 2.45 bits per heavy atom. The third-order valence-electron chi connectivity index (χ3n) is 4.95. The van der Waals surface area contributed by atoms with Gasteiger partial charge in [-0.05, 0) is 43.3 Å². The van der Waals surface area contributed by atoms with Crippen LogP contribution in [0.1, 0.15) is 12.5 Å². The molecule has 0 aliphatic carbocycles. The monoisotopic (exact) mass is 443 g/mol. The lowest BCUT2D eigenvalue weighted by atomic mass is 9.95. The van der Waals surface area contributed by atoms with Gasteiger partial charge in [0.2, 0.25) is 0 Å². The van der Waals surface area contributed by atoms with Crippen LogP contribution in [0.25, 0.3) is 23.0 Å². The lowest BCUT2D eigenvalue weighted by Gasteiger charge is -2.15. The van der Waals surface area contributed by atoms with Crippen LogP contribution < -0.4 is 0 Å². The highest BCUT2D eigenvalue weighted by Gasteiger charge is 2.36. The maximum atomic E-state index is 12.6. The quantitative estimate of drug-likeness (QED) is 0.187. The number of ether oxygens (including phenoxy) is 1. The third-order valence-corrected chi connectivity index (χ3v) is 4.95. The molecule has 0 fully saturated rings. The summed E-state index contributed by atoms with van der Waals surface area (Å²) in [6, 6.07) is 15.1. The van der Waals surface area contributed by atoms with Crippen LogP contribution in [0.3, 0.4) is 0 Å². The molecular weight excluding hydrogens is 426 g/mol. The van der Waals surface area contributed by atoms with Gasteiger partial charge in [0.05, 0.1) is 16.3 Å². The summed E-state index contributed by atoms with van der Waals surface area (Å²) >= 11 is 0. The van der Waals surface area contributed by atoms with E-state index >= 15 is 0 Å². The van der Waals surface area contributed by atoms with Crippen molar-refractivity contribution in [3.8, 4) is 16.9 Å². The number of hydrogen-bond acceptors (Lipinski definition) is 7. The minimum absolute atomic E-state index is 0.0637. The molecule has 4 rings (SSSR count). The van der Waals surface area contributed by atoms with Crippen molar-refractivity contribution < 1.29 is 24.0 Å². The second-order valence-electron chi connectivity index (χ2n) is 7.26. The van der Waals surface area contributed by atoms with Gasteiger partial charge in [-0.25, -0.2) is 4.68 Å². The zero-order chi connectivity index (χ0) is 23.5. The SMILES string of the molecule is CC1=CC(=O)C(C(=O)/C=C/c2cn(-c3ccccc3)nc2-c2ccc([N+](=O)[O-])cc2)C(=O)O1. The van der Waals surface area contributed by atoms with E-state index in [0.29, 0.717) is 16.8 Å². The largest absolute Gasteiger partial charge is 0.430 e. The van der Waals surface area contributed by atoms with Crippen molar-refractivity contribution in [1.82, 2.24) is 9.78 Å². The molecule has 0 amide bonds. The average Bonchev–Trinajstić information content (AvgIpc) is 3.22. The van der Waals surface area contributed by atoms with Crippen LogP contribution in [0.2, 0.25) is 0 Å². The maximum Gasteiger partial charge on any atom is 0.329 e. The number of nitro benzene ring substituents is 1. The predicted octanol–water partition coefficient (Wildman–Crippen LogP) is 3.68. The average molecular weight is 443 g/mol. The summed E-state index contributed by atoms with van der Waals surface area (Å²) in [6.07, 6.45) is 5.39. The van der Waals surface area contributed by atoms with Gasteiger partial charge in [-0.3, -0.25) is 24.5 Å². The second-order valence-corrected chi connectivity index (χ2v) is 7.26. The fourth-order valence-electron chi connectivity index (χ4n) is 3.36. The number of benzene rings is 2. The number of allylic oxidation sites excluding steroid dienone is 3. The van der Waals surface area contributed by atoms with Crippen molar-refractivity contribution in [3.63, 3.8) is 0 Å². The van der Waals surface area contributed by atoms with Gasteiger partial charge in [-0.15, -0.1) is 0 Å². The van der Waals surface area contributed by atoms with Gasteiger partial charge in [0.1, 0.15) is 5.76 Å². The van der Waals surface area contributed by atoms with Gasteiger partial charge in [0.25, 0.3) is 5.69 Å². The lowest BCUT2D eigenvalue weighted by Crippen LogP contribution is -2.34. The van der Waals surface area contributed by atoms with Crippen LogP contribution >= 0.6 is 0 Å². The predicted molar refractivity (Wildman–Crippen MR) is 118 cm³/mol. The maximum absolute atomic E-state index is 12.6. The summed E-state index contributed by atoms with van der Waals surface area (Å²) < 4.78 is 6.51. The van der Waals surface area contributed by atoms with Crippen molar-refractivity contribution in [2.24, 2.45) is 5.92 Å². The highest BCUT2D eigenvalue weighted by atomic mass is 16.6. The smallest absolute Gasteiger partial charge is 0.329 e. The summed E-state index contributed by atoms with van der Waals surface area (Å²) in [5, 5.41) is 15.5. The van der Waals surface area contributed by atoms with Crippen LogP contribution in [0.4, 0.5) is 5.69 Å². The van der Waals surface area contributed by atoms with E-state index in [9.17, 15) is 24.5 Å². The molecule has 33 heavy (non-hydrogen) atoms. The number of cyclic esters (lactones) is 1. The van der Waals surface area contributed by atoms with E-state index in [2.05, 4.69) is 5.10 Å². The van der Waals surface area contributed by atoms with Gasteiger partial charge in [0.15, 0.2) is 17.5 Å². The van der Waals surface area contributed by atoms with E-state index in [-0.39, 0.29) is 11.4 Å². The lowest BCUT2D eigenvalue weighted by molar-refractivity contribution is -0.384. The highest BCUT2D eigenvalue weighted by Crippen LogP contribution is 2.27. The molecule has 2 aromatic carbocycles. The molecule has 0 bridgehead atoms. The molecule has 1 unspecified atom stereocenters. The van der Waals surface area contributed by atoms with Crippen molar-refractivity contribution in [2.45, 2.75) is 6.92 Å². The number of para-hydroxylation sites is 1. The number of carbonyl (C=O) groups excluding carboxylic acids is 3. The molecule has 9 heteroatoms. The number of hydrogen-bond donors (Lipinski definition) is 0. The van der Waals surface area contributed by atoms with Crippen LogP contribution in [-0.2, 0) is 19.1 Å². The molecule has 0 saturated heterocycles. The van der Waals surface area contributed by atoms with Gasteiger partial charge < -0.3 is 4.74 Å². The van der Waals surface area contributed by atoms with E-state index in [1.807, 2.05) is 30.3 Å². The van der Waals surface area contributed by atoms with Gasteiger partial charge >= 0.3 is 5.97 Å². The molecule has 164 valence electrons. The number of esters is 1. The van der Waals surface area contributed by atoms with Crippen molar-refractivity contribution in [2.75, 3.05) is 0 Å². The zero-order valence-corrected chi connectivity index (χ0v) is 17.4. The van der Waals surface area contributed by atoms with E-state index in [0.717, 1.165) is 17.8 Å². The number of non-ortho nitro benzene ring substituents is 1. The summed E-state index contributed by atoms with van der Waals surface area (Å²) in [5.41, 5.74) is 2.27. The first kappa shape index (κ1) is 21.6. The molecule has 1 atom stereocenters. The Morgan fingerprint density at radius 1 is 1.12 bits per heavy atom. The second kappa shape index (κ2) is 8.83. The molecule has 2 heterocycles. The van der Waals surface area contributed by atoms with E-state index in [1.165, 1.54) is 25.1 Å². The number of ketones is 2. The van der Waals surface area contributed by atoms with E-state index in [1.54, 1.807) is 23.0 Å². The first-order chi connectivity index (χ1) is 15.8. The topological polar surface area (TPSA) is 121 Å². The molecule has 1 aliphatic heterocycles. The zero-order valence-electron chi connectivity index (χ0n) is 17.4. The number of nitrogens with zero attached hydrogens (tertiary/aromatic N) is 3. The third kappa shape index (κ3) is 4.52. The Morgan fingerprint density at radius 2 is 1.82 bits per heavy atom. The molecule has 1 aliphatic rings. The van der Waals surface area contributed by atoms with Crippen molar-refractivity contribution >= 4 is 29.3 Å². The summed E-state index contributed by atoms with van der Waals surface area (Å²) in [7, 11) is 0. The van der Waals surface area contributed by atoms with Crippen molar-refractivity contribution in [3.05, 3.63) is 94.4 Å². The Labute approximate surface area is 187 Å². The molecule has 0 saturated carbocycles. The molecule has 9 nitrogen and oxygen atoms in total. The minimum atomic E-state index is -1.54. The van der Waals surface area contributed by atoms with Gasteiger partial charge in [0, 0.05) is 35.5 Å². The summed E-state index contributed by atoms with van der Waals surface area (Å²) in [6.45, 7) is 1.46. The fraction of sp³-hybridized carbons (Fsp3) is 0.0833. The van der Waals surface area contributed by atoms with E-state index < -0.39 is 28.4 Å². The first-order valence-corrected chi connectivity index (χ1v) is 9.89. The van der Waals surface area contributed by atoms with E-state index in [4.69, 9.17) is 4.74 Å². The number of aromatic nitrogens is 2. The van der Waals surface area contributed by atoms with Crippen molar-refractivity contribution in [1.29, 1.82) is 0 Å². The Kier molecular flexibility index (Phi) is 5.77. The molecule has 0 radical (unpaired) electrons. The summed E-state index contributed by atoms with van der Waals surface area (Å²) in [4.78, 5) is 47.2. The standard InChI is InChI=1S/C24H17N3O6/c1-15-13-21(29)22(24(30)33-15)20(28)12-9-17-14-26(18-5-3-2-4-6-18)25-23(17)16-7-10-19(11-8-16)27(31)32/h2-14,22H,1H3/b12-9+. The Hall–Kier alpha value is -4.66. The Bertz CT molecular complexity index is 1320. The van der Waals surface area contributed by atoms with Crippen LogP contribution in [0.15, 0.2) is 78.7 Å². The van der Waals surface area contributed by atoms with Gasteiger partial charge in [-0.2, -0.15) is 5.10 Å². The number of rotatable bonds is 6. The molecular formula is C24H17N3O6. The first-order valence-electron chi connectivity index (χ1n) is 9.89. The number of carbonyl (C=O) groups is 3. The highest BCUT2D eigenvalue weighted by molar-refractivity contribution is 6.25. The van der Waals surface area contributed by atoms with Gasteiger partial charge in [-0.1, -0.05) is 18.2 Å². The Balaban J connectivity index is 1.71. The molecule has 0 spiro atoms. The van der Waals surface area contributed by atoms with Crippen LogP contribution in [-0.4, -0.2) is 32.2 Å².